The fraction of sp³-hybridized carbons (Fsp3) is 0.440. The van der Waals surface area contributed by atoms with Crippen molar-refractivity contribution in [3.8, 4) is 5.75 Å². The van der Waals surface area contributed by atoms with Crippen LogP contribution in [-0.4, -0.2) is 50.5 Å². The van der Waals surface area contributed by atoms with Gasteiger partial charge < -0.3 is 19.6 Å². The highest BCUT2D eigenvalue weighted by Gasteiger charge is 2.28. The van der Waals surface area contributed by atoms with E-state index in [9.17, 15) is 18.0 Å². The van der Waals surface area contributed by atoms with E-state index in [-0.39, 0.29) is 18.8 Å². The molecule has 0 aliphatic carbocycles. The average molecular weight is 523 g/mol. The molecule has 0 aromatic heterocycles. The molecule has 1 amide bonds. The molecule has 2 atom stereocenters. The van der Waals surface area contributed by atoms with Crippen LogP contribution in [0.2, 0.25) is 0 Å². The van der Waals surface area contributed by atoms with Crippen molar-refractivity contribution in [3.05, 3.63) is 65.7 Å². The van der Waals surface area contributed by atoms with Crippen LogP contribution >= 0.6 is 11.8 Å². The highest BCUT2D eigenvalue weighted by Crippen LogP contribution is 2.23. The van der Waals surface area contributed by atoms with Gasteiger partial charge in [0.2, 0.25) is 10.0 Å². The van der Waals surface area contributed by atoms with Gasteiger partial charge in [0, 0.05) is 11.3 Å². The summed E-state index contributed by atoms with van der Waals surface area (Å²) in [4.78, 5) is 24.5. The third-order valence-corrected chi connectivity index (χ3v) is 7.83. The maximum absolute atomic E-state index is 12.5. The Hall–Kier alpha value is -2.56. The lowest BCUT2D eigenvalue weighted by Gasteiger charge is -2.25. The van der Waals surface area contributed by atoms with Crippen LogP contribution in [0.1, 0.15) is 38.3 Å². The molecule has 2 rings (SSSR count). The highest BCUT2D eigenvalue weighted by atomic mass is 32.2. The molecular weight excluding hydrogens is 488 g/mol. The third-order valence-electron chi connectivity index (χ3n) is 4.81. The molecule has 0 radical (unpaired) electrons. The van der Waals surface area contributed by atoms with Gasteiger partial charge in [0.25, 0.3) is 0 Å². The number of thioether (sulfide) groups is 1. The lowest BCUT2D eigenvalue weighted by Crippen LogP contribution is -2.46. The highest BCUT2D eigenvalue weighted by molar-refractivity contribution is 7.99. The molecule has 2 N–H and O–H groups in total. The van der Waals surface area contributed by atoms with Gasteiger partial charge in [-0.05, 0) is 50.5 Å². The van der Waals surface area contributed by atoms with Crippen LogP contribution in [-0.2, 0) is 31.9 Å². The first-order valence-corrected chi connectivity index (χ1v) is 13.9. The van der Waals surface area contributed by atoms with Crippen LogP contribution in [0.15, 0.2) is 54.6 Å². The number of carbonyl (C=O) groups is 2. The minimum atomic E-state index is -3.62. The fourth-order valence-corrected chi connectivity index (χ4v) is 5.89. The predicted octanol–water partition coefficient (Wildman–Crippen LogP) is 3.90. The zero-order valence-corrected chi connectivity index (χ0v) is 22.2. The van der Waals surface area contributed by atoms with Crippen LogP contribution in [0.5, 0.6) is 5.75 Å². The first-order valence-electron chi connectivity index (χ1n) is 11.2. The van der Waals surface area contributed by atoms with Gasteiger partial charge in [0.05, 0.1) is 24.2 Å². The van der Waals surface area contributed by atoms with Crippen molar-refractivity contribution in [3.63, 3.8) is 0 Å². The molecule has 0 aliphatic rings. The van der Waals surface area contributed by atoms with E-state index in [2.05, 4.69) is 10.0 Å². The van der Waals surface area contributed by atoms with Crippen molar-refractivity contribution in [2.24, 2.45) is 0 Å². The number of hydrogen-bond donors (Lipinski definition) is 2. The lowest BCUT2D eigenvalue weighted by molar-refractivity contribution is -0.107. The molecule has 35 heavy (non-hydrogen) atoms. The van der Waals surface area contributed by atoms with E-state index in [4.69, 9.17) is 9.47 Å². The maximum atomic E-state index is 12.5. The Kier molecular flexibility index (Phi) is 11.1. The molecule has 0 saturated carbocycles. The van der Waals surface area contributed by atoms with E-state index in [1.54, 1.807) is 27.9 Å². The van der Waals surface area contributed by atoms with E-state index in [0.717, 1.165) is 23.2 Å². The van der Waals surface area contributed by atoms with Gasteiger partial charge in [0.15, 0.2) is 0 Å². The predicted molar refractivity (Wildman–Crippen MR) is 139 cm³/mol. The molecule has 2 aromatic rings. The molecule has 0 aliphatic heterocycles. The average Bonchev–Trinajstić information content (AvgIpc) is 2.81. The number of methoxy groups -OCH3 is 1. The quantitative estimate of drug-likeness (QED) is 0.384. The summed E-state index contributed by atoms with van der Waals surface area (Å²) in [5.41, 5.74) is 1.15. The third kappa shape index (κ3) is 11.1. The number of hydrogen-bond acceptors (Lipinski definition) is 7. The number of benzene rings is 2. The molecule has 10 heteroatoms. The summed E-state index contributed by atoms with van der Waals surface area (Å²) in [6, 6.07) is 15.9. The van der Waals surface area contributed by atoms with E-state index in [0.29, 0.717) is 5.75 Å². The number of amides is 1. The Balaban J connectivity index is 2.07. The summed E-state index contributed by atoms with van der Waals surface area (Å²) in [7, 11) is -2.04. The van der Waals surface area contributed by atoms with E-state index >= 15 is 0 Å². The van der Waals surface area contributed by atoms with Gasteiger partial charge in [0.1, 0.15) is 18.6 Å². The minimum absolute atomic E-state index is 0.0465. The lowest BCUT2D eigenvalue weighted by atomic mass is 10.1. The van der Waals surface area contributed by atoms with Crippen LogP contribution in [0, 0.1) is 0 Å². The van der Waals surface area contributed by atoms with E-state index in [1.165, 1.54) is 11.8 Å². The zero-order valence-electron chi connectivity index (χ0n) is 20.5. The first-order chi connectivity index (χ1) is 16.5. The summed E-state index contributed by atoms with van der Waals surface area (Å²) in [6.45, 7) is 5.31. The molecule has 2 unspecified atom stereocenters. The summed E-state index contributed by atoms with van der Waals surface area (Å²) in [5.74, 6) is 0.974. The second kappa shape index (κ2) is 13.5. The summed E-state index contributed by atoms with van der Waals surface area (Å²) in [6.07, 6.45) is 0.0716. The Bertz CT molecular complexity index is 1040. The second-order valence-corrected chi connectivity index (χ2v) is 12.0. The standard InChI is InChI=1S/C25H34N2O6S2/c1-25(2,3)27-35(30,31)15-14-22(26-24(29)33-17-19-8-6-5-7-9-19)23(16-28)34-18-20-10-12-21(32-4)13-11-20/h5-13,16,22-23,27H,14-15,17-18H2,1-4H3,(H,26,29). The normalized spacial score (nSPS) is 13.5. The minimum Gasteiger partial charge on any atom is -0.497 e. The van der Waals surface area contributed by atoms with Gasteiger partial charge in [-0.3, -0.25) is 0 Å². The number of carbonyl (C=O) groups excluding carboxylic acids is 2. The number of aldehydes is 1. The van der Waals surface area contributed by atoms with Crippen LogP contribution in [0.4, 0.5) is 4.79 Å². The van der Waals surface area contributed by atoms with Crippen LogP contribution in [0.3, 0.4) is 0 Å². The topological polar surface area (TPSA) is 111 Å². The van der Waals surface area contributed by atoms with Crippen molar-refractivity contribution < 1.29 is 27.5 Å². The van der Waals surface area contributed by atoms with Gasteiger partial charge in [-0.15, -0.1) is 11.8 Å². The Morgan fingerprint density at radius 1 is 1.06 bits per heavy atom. The smallest absolute Gasteiger partial charge is 0.407 e. The molecule has 2 aromatic carbocycles. The number of ether oxygens (including phenoxy) is 2. The summed E-state index contributed by atoms with van der Waals surface area (Å²) < 4.78 is 38.1. The number of rotatable bonds is 13. The molecule has 0 saturated heterocycles. The maximum Gasteiger partial charge on any atom is 0.407 e. The van der Waals surface area contributed by atoms with Crippen molar-refractivity contribution >= 4 is 34.2 Å². The van der Waals surface area contributed by atoms with Crippen molar-refractivity contribution in [1.29, 1.82) is 0 Å². The van der Waals surface area contributed by atoms with Gasteiger partial charge in [-0.2, -0.15) is 0 Å². The molecule has 0 heterocycles. The molecule has 192 valence electrons. The molecule has 0 fully saturated rings. The number of alkyl carbamates (subject to hydrolysis) is 1. The zero-order chi connectivity index (χ0) is 25.9. The SMILES string of the molecule is COc1ccc(CSC(C=O)C(CCS(=O)(=O)NC(C)(C)C)NC(=O)OCc2ccccc2)cc1. The van der Waals surface area contributed by atoms with Crippen molar-refractivity contribution in [2.45, 2.75) is 56.4 Å². The van der Waals surface area contributed by atoms with Crippen LogP contribution in [0.25, 0.3) is 0 Å². The molecule has 0 spiro atoms. The van der Waals surface area contributed by atoms with Crippen molar-refractivity contribution in [2.75, 3.05) is 12.9 Å². The molecule has 8 nitrogen and oxygen atoms in total. The van der Waals surface area contributed by atoms with Gasteiger partial charge in [-0.25, -0.2) is 17.9 Å². The Labute approximate surface area is 212 Å². The number of sulfonamides is 1. The van der Waals surface area contributed by atoms with E-state index in [1.807, 2.05) is 54.6 Å². The number of nitrogens with one attached hydrogen (secondary N) is 2. The summed E-state index contributed by atoms with van der Waals surface area (Å²) in [5, 5.41) is 2.03. The Morgan fingerprint density at radius 2 is 1.71 bits per heavy atom. The fourth-order valence-electron chi connectivity index (χ4n) is 3.20. The monoisotopic (exact) mass is 522 g/mol. The molecular formula is C25H34N2O6S2. The van der Waals surface area contributed by atoms with E-state index < -0.39 is 32.9 Å². The second-order valence-electron chi connectivity index (χ2n) is 9.03. The molecule has 0 bridgehead atoms. The summed E-state index contributed by atoms with van der Waals surface area (Å²) >= 11 is 1.32. The Morgan fingerprint density at radius 3 is 2.29 bits per heavy atom. The largest absolute Gasteiger partial charge is 0.497 e. The first kappa shape index (κ1) is 28.7. The van der Waals surface area contributed by atoms with Crippen LogP contribution < -0.4 is 14.8 Å². The van der Waals surface area contributed by atoms with Crippen molar-refractivity contribution in [1.82, 2.24) is 10.0 Å². The van der Waals surface area contributed by atoms with Gasteiger partial charge in [-0.1, -0.05) is 42.5 Å². The van der Waals surface area contributed by atoms with Gasteiger partial charge >= 0.3 is 6.09 Å².